The number of aliphatic hydroxyl groups is 1. The van der Waals surface area contributed by atoms with E-state index in [4.69, 9.17) is 0 Å². The maximum absolute atomic E-state index is 11.3. The molecule has 1 saturated carbocycles. The van der Waals surface area contributed by atoms with Crippen molar-refractivity contribution in [1.82, 2.24) is 4.90 Å². The van der Waals surface area contributed by atoms with Gasteiger partial charge in [-0.25, -0.2) is 0 Å². The Morgan fingerprint density at radius 3 is 2.07 bits per heavy atom. The van der Waals surface area contributed by atoms with Crippen LogP contribution < -0.4 is 0 Å². The van der Waals surface area contributed by atoms with Crippen LogP contribution in [0, 0.1) is 0 Å². The fourth-order valence-corrected chi connectivity index (χ4v) is 2.09. The summed E-state index contributed by atoms with van der Waals surface area (Å²) in [5.74, 6) is -0.423. The summed E-state index contributed by atoms with van der Waals surface area (Å²) in [7, 11) is 0. The molecule has 0 atom stereocenters. The Hall–Kier alpha value is -1.16. The first kappa shape index (κ1) is 9.40. The lowest BCUT2D eigenvalue weighted by Crippen LogP contribution is -2.42. The van der Waals surface area contributed by atoms with Crippen molar-refractivity contribution in [3.8, 4) is 0 Å². The van der Waals surface area contributed by atoms with Gasteiger partial charge in [-0.15, -0.1) is 0 Å². The molecule has 1 aliphatic carbocycles. The van der Waals surface area contributed by atoms with Gasteiger partial charge in [0.05, 0.1) is 6.10 Å². The quantitative estimate of drug-likeness (QED) is 0.609. The number of carbonyl (C=O) groups excluding carboxylic acids is 2. The van der Waals surface area contributed by atoms with E-state index in [0.717, 1.165) is 12.8 Å². The summed E-state index contributed by atoms with van der Waals surface area (Å²) in [5, 5.41) is 9.30. The largest absolute Gasteiger partial charge is 0.393 e. The van der Waals surface area contributed by atoms with Crippen LogP contribution in [0.5, 0.6) is 0 Å². The van der Waals surface area contributed by atoms with Crippen LogP contribution in [0.3, 0.4) is 0 Å². The highest BCUT2D eigenvalue weighted by Gasteiger charge is 2.33. The highest BCUT2D eigenvalue weighted by atomic mass is 16.3. The van der Waals surface area contributed by atoms with Crippen LogP contribution in [0.1, 0.15) is 25.7 Å². The van der Waals surface area contributed by atoms with Crippen molar-refractivity contribution < 1.29 is 14.7 Å². The molecular weight excluding hydrogens is 182 g/mol. The van der Waals surface area contributed by atoms with E-state index in [1.54, 1.807) is 0 Å². The molecule has 2 aliphatic rings. The van der Waals surface area contributed by atoms with Crippen LogP contribution in [0.4, 0.5) is 0 Å². The van der Waals surface area contributed by atoms with Crippen molar-refractivity contribution in [3.63, 3.8) is 0 Å². The molecule has 0 aromatic rings. The second kappa shape index (κ2) is 3.53. The summed E-state index contributed by atoms with van der Waals surface area (Å²) in [6.07, 6.45) is 5.18. The molecule has 4 nitrogen and oxygen atoms in total. The Kier molecular flexibility index (Phi) is 2.37. The van der Waals surface area contributed by atoms with Gasteiger partial charge >= 0.3 is 0 Å². The van der Waals surface area contributed by atoms with Gasteiger partial charge in [0.2, 0.25) is 0 Å². The summed E-state index contributed by atoms with van der Waals surface area (Å²) >= 11 is 0. The molecule has 76 valence electrons. The monoisotopic (exact) mass is 195 g/mol. The smallest absolute Gasteiger partial charge is 0.253 e. The Labute approximate surface area is 82.2 Å². The van der Waals surface area contributed by atoms with E-state index in [9.17, 15) is 14.7 Å². The number of amides is 2. The van der Waals surface area contributed by atoms with Crippen molar-refractivity contribution in [3.05, 3.63) is 12.2 Å². The Morgan fingerprint density at radius 2 is 1.57 bits per heavy atom. The second-order valence-electron chi connectivity index (χ2n) is 3.84. The van der Waals surface area contributed by atoms with Gasteiger partial charge in [0, 0.05) is 18.2 Å². The number of hydrogen-bond donors (Lipinski definition) is 1. The normalized spacial score (nSPS) is 32.8. The third-order valence-corrected chi connectivity index (χ3v) is 2.87. The molecule has 1 fully saturated rings. The van der Waals surface area contributed by atoms with Crippen LogP contribution >= 0.6 is 0 Å². The number of imide groups is 1. The Bertz CT molecular complexity index is 272. The summed E-state index contributed by atoms with van der Waals surface area (Å²) in [4.78, 5) is 24.0. The van der Waals surface area contributed by atoms with Crippen LogP contribution in [-0.2, 0) is 9.59 Å². The maximum Gasteiger partial charge on any atom is 0.253 e. The lowest BCUT2D eigenvalue weighted by molar-refractivity contribution is -0.140. The van der Waals surface area contributed by atoms with Gasteiger partial charge in [0.1, 0.15) is 0 Å². The maximum atomic E-state index is 11.3. The van der Waals surface area contributed by atoms with Crippen molar-refractivity contribution in [2.45, 2.75) is 37.8 Å². The summed E-state index contributed by atoms with van der Waals surface area (Å²) in [6, 6.07) is -0.00611. The molecule has 1 N–H and O–H groups in total. The van der Waals surface area contributed by atoms with E-state index in [1.807, 2.05) is 0 Å². The van der Waals surface area contributed by atoms with Crippen LogP contribution in [0.2, 0.25) is 0 Å². The van der Waals surface area contributed by atoms with E-state index >= 15 is 0 Å². The molecule has 0 spiro atoms. The lowest BCUT2D eigenvalue weighted by Gasteiger charge is -2.31. The molecule has 0 bridgehead atoms. The highest BCUT2D eigenvalue weighted by molar-refractivity contribution is 6.13. The molecule has 0 radical (unpaired) electrons. The zero-order valence-corrected chi connectivity index (χ0v) is 7.85. The molecule has 1 heterocycles. The standard InChI is InChI=1S/C10H13NO3/c12-8-3-1-7(2-4-8)11-9(13)5-6-10(11)14/h5-8,12H,1-4H2. The number of carbonyl (C=O) groups is 2. The van der Waals surface area contributed by atoms with Crippen LogP contribution in [0.25, 0.3) is 0 Å². The molecule has 1 aliphatic heterocycles. The number of hydrogen-bond acceptors (Lipinski definition) is 3. The average Bonchev–Trinajstić information content (AvgIpc) is 2.49. The van der Waals surface area contributed by atoms with Gasteiger partial charge < -0.3 is 5.11 Å². The molecule has 14 heavy (non-hydrogen) atoms. The van der Waals surface area contributed by atoms with Gasteiger partial charge in [0.25, 0.3) is 11.8 Å². The van der Waals surface area contributed by atoms with E-state index in [1.165, 1.54) is 17.1 Å². The average molecular weight is 195 g/mol. The predicted molar refractivity (Wildman–Crippen MR) is 49.3 cm³/mol. The van der Waals surface area contributed by atoms with Crippen molar-refractivity contribution in [1.29, 1.82) is 0 Å². The van der Waals surface area contributed by atoms with Gasteiger partial charge in [0.15, 0.2) is 0 Å². The summed E-state index contributed by atoms with van der Waals surface area (Å²) < 4.78 is 0. The molecule has 4 heteroatoms. The zero-order chi connectivity index (χ0) is 10.1. The SMILES string of the molecule is O=C1C=CC(=O)N1C1CCC(O)CC1. The summed E-state index contributed by atoms with van der Waals surface area (Å²) in [5.41, 5.74) is 0. The minimum Gasteiger partial charge on any atom is -0.393 e. The van der Waals surface area contributed by atoms with Crippen molar-refractivity contribution >= 4 is 11.8 Å². The van der Waals surface area contributed by atoms with E-state index in [0.29, 0.717) is 12.8 Å². The van der Waals surface area contributed by atoms with E-state index in [-0.39, 0.29) is 24.0 Å². The highest BCUT2D eigenvalue weighted by Crippen LogP contribution is 2.25. The Morgan fingerprint density at radius 1 is 1.07 bits per heavy atom. The summed E-state index contributed by atoms with van der Waals surface area (Å²) in [6.45, 7) is 0. The van der Waals surface area contributed by atoms with E-state index < -0.39 is 0 Å². The zero-order valence-electron chi connectivity index (χ0n) is 7.85. The molecular formula is C10H13NO3. The van der Waals surface area contributed by atoms with Gasteiger partial charge in [-0.3, -0.25) is 14.5 Å². The minimum atomic E-state index is -0.257. The third-order valence-electron chi connectivity index (χ3n) is 2.87. The lowest BCUT2D eigenvalue weighted by atomic mass is 9.92. The first-order chi connectivity index (χ1) is 6.68. The number of nitrogens with zero attached hydrogens (tertiary/aromatic N) is 1. The minimum absolute atomic E-state index is 0.00611. The third kappa shape index (κ3) is 1.57. The van der Waals surface area contributed by atoms with Crippen molar-refractivity contribution in [2.24, 2.45) is 0 Å². The van der Waals surface area contributed by atoms with Crippen LogP contribution in [0.15, 0.2) is 12.2 Å². The second-order valence-corrected chi connectivity index (χ2v) is 3.84. The fraction of sp³-hybridized carbons (Fsp3) is 0.600. The van der Waals surface area contributed by atoms with Gasteiger partial charge in [-0.2, -0.15) is 0 Å². The fourth-order valence-electron chi connectivity index (χ4n) is 2.09. The first-order valence-electron chi connectivity index (χ1n) is 4.92. The molecule has 2 rings (SSSR count). The molecule has 0 aromatic carbocycles. The molecule has 0 unspecified atom stereocenters. The number of aliphatic hydroxyl groups excluding tert-OH is 1. The number of rotatable bonds is 1. The molecule has 0 aromatic heterocycles. The first-order valence-corrected chi connectivity index (χ1v) is 4.92. The topological polar surface area (TPSA) is 57.6 Å². The van der Waals surface area contributed by atoms with Crippen molar-refractivity contribution in [2.75, 3.05) is 0 Å². The molecule has 0 saturated heterocycles. The van der Waals surface area contributed by atoms with Gasteiger partial charge in [-0.05, 0) is 25.7 Å². The Balaban J connectivity index is 2.02. The van der Waals surface area contributed by atoms with Crippen LogP contribution in [-0.4, -0.2) is 34.0 Å². The molecule has 2 amide bonds. The predicted octanol–water partition coefficient (Wildman–Crippen LogP) is 0.215. The van der Waals surface area contributed by atoms with E-state index in [2.05, 4.69) is 0 Å². The van der Waals surface area contributed by atoms with Gasteiger partial charge in [-0.1, -0.05) is 0 Å².